The average Bonchev–Trinajstić information content (AvgIpc) is 2.53. The fraction of sp³-hybridized carbons (Fsp3) is 0.0526. The second-order valence-corrected chi connectivity index (χ2v) is 6.03. The minimum Gasteiger partial charge on any atom is -0.508 e. The van der Waals surface area contributed by atoms with Crippen LogP contribution in [-0.2, 0) is 0 Å². The summed E-state index contributed by atoms with van der Waals surface area (Å²) in [5, 5.41) is 9.37. The van der Waals surface area contributed by atoms with Gasteiger partial charge in [0.05, 0.1) is 4.90 Å². The summed E-state index contributed by atoms with van der Waals surface area (Å²) in [4.78, 5) is 2.09. The number of hydrogen-bond donors (Lipinski definition) is 1. The first-order valence-corrected chi connectivity index (χ1v) is 7.83. The number of phenols is 1. The van der Waals surface area contributed by atoms with E-state index in [0.29, 0.717) is 0 Å². The molecular formula is C19H16O2S. The van der Waals surface area contributed by atoms with Crippen LogP contribution in [0.2, 0.25) is 0 Å². The topological polar surface area (TPSA) is 29.5 Å². The van der Waals surface area contributed by atoms with Crippen molar-refractivity contribution in [2.24, 2.45) is 0 Å². The average molecular weight is 308 g/mol. The van der Waals surface area contributed by atoms with Crippen LogP contribution in [0.5, 0.6) is 17.2 Å². The summed E-state index contributed by atoms with van der Waals surface area (Å²) in [7, 11) is 0. The molecule has 110 valence electrons. The van der Waals surface area contributed by atoms with Crippen molar-refractivity contribution in [3.8, 4) is 17.2 Å². The van der Waals surface area contributed by atoms with Crippen molar-refractivity contribution in [1.82, 2.24) is 0 Å². The molecule has 0 saturated carbocycles. The number of aromatic hydroxyl groups is 1. The Morgan fingerprint density at radius 1 is 0.773 bits per heavy atom. The Morgan fingerprint density at radius 2 is 1.41 bits per heavy atom. The number of aryl methyl sites for hydroxylation is 1. The molecule has 3 rings (SSSR count). The molecule has 3 aromatic carbocycles. The van der Waals surface area contributed by atoms with Gasteiger partial charge in [0.25, 0.3) is 0 Å². The van der Waals surface area contributed by atoms with E-state index in [1.165, 1.54) is 0 Å². The predicted octanol–water partition coefficient (Wildman–Crippen LogP) is 5.64. The first-order chi connectivity index (χ1) is 10.7. The van der Waals surface area contributed by atoms with Crippen LogP contribution in [0.15, 0.2) is 82.6 Å². The molecule has 0 unspecified atom stereocenters. The summed E-state index contributed by atoms with van der Waals surface area (Å²) >= 11 is 1.61. The van der Waals surface area contributed by atoms with E-state index in [0.717, 1.165) is 26.9 Å². The molecule has 0 saturated heterocycles. The number of para-hydroxylation sites is 2. The zero-order chi connectivity index (χ0) is 15.4. The third-order valence-corrected chi connectivity index (χ3v) is 4.29. The molecule has 0 amide bonds. The molecule has 0 spiro atoms. The van der Waals surface area contributed by atoms with Crippen LogP contribution < -0.4 is 4.74 Å². The fourth-order valence-electron chi connectivity index (χ4n) is 2.05. The van der Waals surface area contributed by atoms with Gasteiger partial charge < -0.3 is 9.84 Å². The number of rotatable bonds is 4. The van der Waals surface area contributed by atoms with Crippen LogP contribution in [0.3, 0.4) is 0 Å². The Hall–Kier alpha value is -2.39. The van der Waals surface area contributed by atoms with Crippen molar-refractivity contribution >= 4 is 11.8 Å². The van der Waals surface area contributed by atoms with Gasteiger partial charge in [-0.15, -0.1) is 0 Å². The number of hydrogen-bond acceptors (Lipinski definition) is 3. The molecule has 0 bridgehead atoms. The van der Waals surface area contributed by atoms with Crippen LogP contribution in [0.4, 0.5) is 0 Å². The molecule has 0 aliphatic rings. The van der Waals surface area contributed by atoms with Crippen molar-refractivity contribution in [3.05, 3.63) is 78.4 Å². The zero-order valence-electron chi connectivity index (χ0n) is 12.2. The van der Waals surface area contributed by atoms with Gasteiger partial charge in [-0.2, -0.15) is 0 Å². The van der Waals surface area contributed by atoms with Gasteiger partial charge in [0.1, 0.15) is 17.2 Å². The third kappa shape index (κ3) is 3.43. The standard InChI is InChI=1S/C19H16O2S/c1-14-6-2-3-7-17(14)21-18-8-4-5-9-19(18)22-16-12-10-15(20)11-13-16/h2-13,20H,1H3. The maximum atomic E-state index is 9.37. The summed E-state index contributed by atoms with van der Waals surface area (Å²) in [6, 6.07) is 23.1. The first kappa shape index (κ1) is 14.5. The number of phenolic OH excluding ortho intramolecular Hbond substituents is 1. The van der Waals surface area contributed by atoms with Gasteiger partial charge in [-0.05, 0) is 55.0 Å². The molecule has 0 fully saturated rings. The molecule has 0 heterocycles. The molecule has 0 aliphatic heterocycles. The molecule has 0 aliphatic carbocycles. The molecule has 2 nitrogen and oxygen atoms in total. The summed E-state index contributed by atoms with van der Waals surface area (Å²) < 4.78 is 6.07. The highest BCUT2D eigenvalue weighted by Crippen LogP contribution is 2.37. The SMILES string of the molecule is Cc1ccccc1Oc1ccccc1Sc1ccc(O)cc1. The van der Waals surface area contributed by atoms with Gasteiger partial charge in [0.2, 0.25) is 0 Å². The van der Waals surface area contributed by atoms with Crippen molar-refractivity contribution < 1.29 is 9.84 Å². The lowest BCUT2D eigenvalue weighted by Gasteiger charge is -2.12. The molecular weight excluding hydrogens is 292 g/mol. The lowest BCUT2D eigenvalue weighted by molar-refractivity contribution is 0.467. The number of ether oxygens (including phenoxy) is 1. The highest BCUT2D eigenvalue weighted by molar-refractivity contribution is 7.99. The van der Waals surface area contributed by atoms with Crippen LogP contribution in [0, 0.1) is 6.92 Å². The van der Waals surface area contributed by atoms with E-state index in [4.69, 9.17) is 4.74 Å². The number of benzene rings is 3. The Morgan fingerprint density at radius 3 is 2.14 bits per heavy atom. The van der Waals surface area contributed by atoms with Crippen molar-refractivity contribution in [3.63, 3.8) is 0 Å². The second-order valence-electron chi connectivity index (χ2n) is 4.91. The Bertz CT molecular complexity index is 766. The predicted molar refractivity (Wildman–Crippen MR) is 89.9 cm³/mol. The largest absolute Gasteiger partial charge is 0.508 e. The maximum absolute atomic E-state index is 9.37. The molecule has 0 radical (unpaired) electrons. The highest BCUT2D eigenvalue weighted by Gasteiger charge is 2.07. The Kier molecular flexibility index (Phi) is 4.35. The van der Waals surface area contributed by atoms with E-state index in [1.807, 2.05) is 67.6 Å². The van der Waals surface area contributed by atoms with E-state index >= 15 is 0 Å². The Labute approximate surface area is 134 Å². The summed E-state index contributed by atoms with van der Waals surface area (Å²) in [6.45, 7) is 2.03. The van der Waals surface area contributed by atoms with Crippen molar-refractivity contribution in [2.75, 3.05) is 0 Å². The molecule has 0 atom stereocenters. The van der Waals surface area contributed by atoms with E-state index in [2.05, 4.69) is 0 Å². The van der Waals surface area contributed by atoms with Gasteiger partial charge in [-0.25, -0.2) is 0 Å². The van der Waals surface area contributed by atoms with Crippen LogP contribution in [-0.4, -0.2) is 5.11 Å². The summed E-state index contributed by atoms with van der Waals surface area (Å²) in [5.41, 5.74) is 1.10. The maximum Gasteiger partial charge on any atom is 0.141 e. The van der Waals surface area contributed by atoms with Gasteiger partial charge in [-0.1, -0.05) is 42.1 Å². The minimum absolute atomic E-state index is 0.272. The van der Waals surface area contributed by atoms with E-state index in [-0.39, 0.29) is 5.75 Å². The van der Waals surface area contributed by atoms with E-state index in [1.54, 1.807) is 23.9 Å². The quantitative estimate of drug-likeness (QED) is 0.676. The van der Waals surface area contributed by atoms with Gasteiger partial charge in [0, 0.05) is 4.90 Å². The summed E-state index contributed by atoms with van der Waals surface area (Å²) in [5.74, 6) is 1.96. The molecule has 3 heteroatoms. The monoisotopic (exact) mass is 308 g/mol. The van der Waals surface area contributed by atoms with E-state index < -0.39 is 0 Å². The summed E-state index contributed by atoms with van der Waals surface area (Å²) in [6.07, 6.45) is 0. The zero-order valence-corrected chi connectivity index (χ0v) is 13.0. The van der Waals surface area contributed by atoms with Crippen LogP contribution in [0.1, 0.15) is 5.56 Å². The molecule has 3 aromatic rings. The molecule has 0 aromatic heterocycles. The lowest BCUT2D eigenvalue weighted by atomic mass is 10.2. The van der Waals surface area contributed by atoms with Gasteiger partial charge >= 0.3 is 0 Å². The highest BCUT2D eigenvalue weighted by atomic mass is 32.2. The van der Waals surface area contributed by atoms with E-state index in [9.17, 15) is 5.11 Å². The van der Waals surface area contributed by atoms with Gasteiger partial charge in [-0.3, -0.25) is 0 Å². The third-order valence-electron chi connectivity index (χ3n) is 3.23. The lowest BCUT2D eigenvalue weighted by Crippen LogP contribution is -1.89. The van der Waals surface area contributed by atoms with Crippen LogP contribution >= 0.6 is 11.8 Å². The molecule has 1 N–H and O–H groups in total. The van der Waals surface area contributed by atoms with Crippen molar-refractivity contribution in [1.29, 1.82) is 0 Å². The normalized spacial score (nSPS) is 10.4. The Balaban J connectivity index is 1.87. The van der Waals surface area contributed by atoms with Gasteiger partial charge in [0.15, 0.2) is 0 Å². The first-order valence-electron chi connectivity index (χ1n) is 7.02. The minimum atomic E-state index is 0.272. The van der Waals surface area contributed by atoms with Crippen molar-refractivity contribution in [2.45, 2.75) is 16.7 Å². The fourth-order valence-corrected chi connectivity index (χ4v) is 2.93. The second kappa shape index (κ2) is 6.58. The molecule has 22 heavy (non-hydrogen) atoms. The van der Waals surface area contributed by atoms with Crippen LogP contribution in [0.25, 0.3) is 0 Å². The smallest absolute Gasteiger partial charge is 0.141 e.